The van der Waals surface area contributed by atoms with Crippen LogP contribution in [-0.4, -0.2) is 40.5 Å². The fraction of sp³-hybridized carbons (Fsp3) is 0.545. The zero-order chi connectivity index (χ0) is 12.8. The van der Waals surface area contributed by atoms with E-state index in [0.717, 1.165) is 3.33 Å². The van der Waals surface area contributed by atoms with Gasteiger partial charge in [0, 0.05) is 0 Å². The van der Waals surface area contributed by atoms with Gasteiger partial charge in [-0.25, -0.2) is 0 Å². The number of nitrogens with two attached hydrogens (primary N) is 1. The van der Waals surface area contributed by atoms with Crippen LogP contribution in [0.4, 0.5) is 13.2 Å². The van der Waals surface area contributed by atoms with Gasteiger partial charge in [-0.2, -0.15) is 0 Å². The van der Waals surface area contributed by atoms with Gasteiger partial charge in [-0.05, 0) is 0 Å². The Morgan fingerprint density at radius 2 is 2.17 bits per heavy atom. The van der Waals surface area contributed by atoms with Crippen LogP contribution in [0.15, 0.2) is 18.8 Å². The van der Waals surface area contributed by atoms with E-state index in [0.29, 0.717) is 12.8 Å². The number of hydrogen-bond donors (Lipinski definition) is 1. The molecule has 0 saturated heterocycles. The molecule has 1 radical (unpaired) electrons. The molecule has 2 aliphatic rings. The minimum atomic E-state index is -4.16. The number of halogens is 3. The Labute approximate surface area is 114 Å². The molecule has 2 atom stereocenters. The molecule has 0 spiro atoms. The van der Waals surface area contributed by atoms with E-state index in [1.54, 1.807) is 6.08 Å². The Bertz CT molecular complexity index is 430. The molecule has 99 valence electrons. The van der Waals surface area contributed by atoms with Crippen molar-refractivity contribution in [1.29, 1.82) is 0 Å². The first-order chi connectivity index (χ1) is 7.72. The summed E-state index contributed by atoms with van der Waals surface area (Å²) in [4.78, 5) is 11.0. The molecule has 1 amide bonds. The summed E-state index contributed by atoms with van der Waals surface area (Å²) in [5.41, 5.74) is 5.03. The van der Waals surface area contributed by atoms with Crippen molar-refractivity contribution in [2.75, 3.05) is 0 Å². The van der Waals surface area contributed by atoms with Crippen LogP contribution in [-0.2, 0) is 4.79 Å². The molecule has 18 heavy (non-hydrogen) atoms. The Kier molecular flexibility index (Phi) is 4.27. The molecule has 2 unspecified atom stereocenters. The van der Waals surface area contributed by atoms with Crippen molar-refractivity contribution < 1.29 is 23.4 Å². The topological polar surface area (TPSA) is 74.6 Å². The largest absolute Gasteiger partial charge is 0.412 e. The molecular formula is C11H14F3InNO2. The van der Waals surface area contributed by atoms with Gasteiger partial charge in [0.25, 0.3) is 0 Å². The monoisotopic (exact) mass is 364 g/mol. The van der Waals surface area contributed by atoms with Gasteiger partial charge in [0.05, 0.1) is 0 Å². The molecule has 1 saturated carbocycles. The zero-order valence-electron chi connectivity index (χ0n) is 9.84. The van der Waals surface area contributed by atoms with Crippen LogP contribution in [0.25, 0.3) is 0 Å². The van der Waals surface area contributed by atoms with Crippen molar-refractivity contribution in [3.63, 3.8) is 0 Å². The number of alkyl halides is 3. The predicted octanol–water partition coefficient (Wildman–Crippen LogP) is 1.11. The molecule has 2 rings (SSSR count). The SMILES string of the molecule is CC1(C[C]2=CC=[C](C(F)(F)F)[In]2)CC1C(N)=O.O. The number of carbonyl (C=O) groups excluding carboxylic acids is 1. The van der Waals surface area contributed by atoms with Crippen LogP contribution >= 0.6 is 0 Å². The Hall–Kier alpha value is -0.430. The molecule has 1 heterocycles. The number of amides is 1. The van der Waals surface area contributed by atoms with E-state index in [-0.39, 0.29) is 26.0 Å². The van der Waals surface area contributed by atoms with Gasteiger partial charge in [-0.15, -0.1) is 0 Å². The summed E-state index contributed by atoms with van der Waals surface area (Å²) >= 11 is -1.86. The third kappa shape index (κ3) is 3.12. The average Bonchev–Trinajstić information content (AvgIpc) is 2.62. The molecule has 0 aromatic heterocycles. The molecule has 4 N–H and O–H groups in total. The van der Waals surface area contributed by atoms with Crippen molar-refractivity contribution in [3.8, 4) is 0 Å². The second-order valence-corrected chi connectivity index (χ2v) is 9.71. The first-order valence-electron chi connectivity index (χ1n) is 5.34. The quantitative estimate of drug-likeness (QED) is 0.801. The molecule has 1 aliphatic heterocycles. The smallest absolute Gasteiger partial charge is 0.412 e. The van der Waals surface area contributed by atoms with Crippen molar-refractivity contribution >= 4 is 28.8 Å². The normalized spacial score (nSPS) is 29.9. The summed E-state index contributed by atoms with van der Waals surface area (Å²) < 4.78 is 38.0. The van der Waals surface area contributed by atoms with Gasteiger partial charge < -0.3 is 5.48 Å². The van der Waals surface area contributed by atoms with Crippen molar-refractivity contribution in [3.05, 3.63) is 18.8 Å². The van der Waals surface area contributed by atoms with Crippen LogP contribution in [0, 0.1) is 11.3 Å². The van der Waals surface area contributed by atoms with E-state index < -0.39 is 29.1 Å². The van der Waals surface area contributed by atoms with Crippen LogP contribution in [0.2, 0.25) is 0 Å². The molecule has 7 heteroatoms. The molecule has 1 fully saturated rings. The number of rotatable bonds is 3. The Balaban J connectivity index is 0.00000162. The van der Waals surface area contributed by atoms with Gasteiger partial charge in [-0.1, -0.05) is 0 Å². The maximum absolute atomic E-state index is 12.5. The second kappa shape index (κ2) is 4.92. The van der Waals surface area contributed by atoms with E-state index in [2.05, 4.69) is 0 Å². The minimum Gasteiger partial charge on any atom is -0.412 e. The second-order valence-electron chi connectivity index (χ2n) is 5.00. The van der Waals surface area contributed by atoms with Crippen molar-refractivity contribution in [2.45, 2.75) is 25.9 Å². The number of hydrogen-bond acceptors (Lipinski definition) is 1. The first kappa shape index (κ1) is 15.6. The average molecular weight is 364 g/mol. The summed E-state index contributed by atoms with van der Waals surface area (Å²) in [6.07, 6.45) is -0.0264. The van der Waals surface area contributed by atoms with Crippen molar-refractivity contribution in [1.82, 2.24) is 0 Å². The molecule has 0 bridgehead atoms. The summed E-state index contributed by atoms with van der Waals surface area (Å²) in [7, 11) is 0. The van der Waals surface area contributed by atoms with Crippen LogP contribution in [0.3, 0.4) is 0 Å². The number of carbonyl (C=O) groups is 1. The van der Waals surface area contributed by atoms with Gasteiger partial charge in [-0.3, -0.25) is 0 Å². The van der Waals surface area contributed by atoms with E-state index in [1.807, 2.05) is 6.92 Å². The predicted molar refractivity (Wildman–Crippen MR) is 61.6 cm³/mol. The molecule has 0 aromatic carbocycles. The molecular weight excluding hydrogens is 350 g/mol. The van der Waals surface area contributed by atoms with E-state index >= 15 is 0 Å². The Morgan fingerprint density at radius 3 is 2.56 bits per heavy atom. The number of allylic oxidation sites excluding steroid dienone is 4. The van der Waals surface area contributed by atoms with Crippen molar-refractivity contribution in [2.24, 2.45) is 17.1 Å². The number of primary amides is 1. The van der Waals surface area contributed by atoms with E-state index in [9.17, 15) is 18.0 Å². The van der Waals surface area contributed by atoms with E-state index in [1.165, 1.54) is 6.08 Å². The Morgan fingerprint density at radius 1 is 1.56 bits per heavy atom. The summed E-state index contributed by atoms with van der Waals surface area (Å²) in [6, 6.07) is 0. The molecule has 1 aliphatic carbocycles. The van der Waals surface area contributed by atoms with Crippen LogP contribution < -0.4 is 5.73 Å². The fourth-order valence-electron chi connectivity index (χ4n) is 2.29. The van der Waals surface area contributed by atoms with Crippen LogP contribution in [0.5, 0.6) is 0 Å². The summed E-state index contributed by atoms with van der Waals surface area (Å²) in [5.74, 6) is -0.482. The summed E-state index contributed by atoms with van der Waals surface area (Å²) in [5, 5.41) is 0. The summed E-state index contributed by atoms with van der Waals surface area (Å²) in [6.45, 7) is 1.93. The zero-order valence-corrected chi connectivity index (χ0v) is 13.1. The maximum atomic E-state index is 12.5. The van der Waals surface area contributed by atoms with E-state index in [4.69, 9.17) is 5.73 Å². The molecule has 0 aromatic rings. The minimum absolute atomic E-state index is 0. The standard InChI is InChI=1S/C11H12F3NO.In.H2O/c1-10(7-8(10)9(15)16)5-3-2-4-6-11(12,13)14;;/h2,4,8H,5,7H2,1H3,(H2,15,16);;1H2. The third-order valence-electron chi connectivity index (χ3n) is 3.45. The van der Waals surface area contributed by atoms with Gasteiger partial charge in [0.1, 0.15) is 0 Å². The fourth-order valence-corrected chi connectivity index (χ4v) is 6.62. The van der Waals surface area contributed by atoms with Gasteiger partial charge >= 0.3 is 109 Å². The molecule has 3 nitrogen and oxygen atoms in total. The maximum Gasteiger partial charge on any atom is -0.412 e. The van der Waals surface area contributed by atoms with Gasteiger partial charge in [0.2, 0.25) is 0 Å². The third-order valence-corrected chi connectivity index (χ3v) is 8.01. The van der Waals surface area contributed by atoms with Crippen LogP contribution in [0.1, 0.15) is 19.8 Å². The first-order valence-corrected chi connectivity index (χ1v) is 8.64. The van der Waals surface area contributed by atoms with Gasteiger partial charge in [0.15, 0.2) is 0 Å².